The monoisotopic (exact) mass is 336 g/mol. The van der Waals surface area contributed by atoms with Gasteiger partial charge in [0.05, 0.1) is 6.61 Å². The summed E-state index contributed by atoms with van der Waals surface area (Å²) < 4.78 is 2.41. The lowest BCUT2D eigenvalue weighted by molar-refractivity contribution is 0.281. The lowest BCUT2D eigenvalue weighted by Gasteiger charge is -2.01. The van der Waals surface area contributed by atoms with Gasteiger partial charge in [0.15, 0.2) is 0 Å². The summed E-state index contributed by atoms with van der Waals surface area (Å²) in [6.07, 6.45) is 2.09. The molecule has 0 saturated heterocycles. The molecule has 1 N–H and O–H groups in total. The fraction of sp³-hybridized carbons (Fsp3) is 0.200. The molecule has 1 aromatic heterocycles. The predicted octanol–water partition coefficient (Wildman–Crippen LogP) is 3.72. The quantitative estimate of drug-likeness (QED) is 0.666. The van der Waals surface area contributed by atoms with Gasteiger partial charge in [0.2, 0.25) is 0 Å². The fourth-order valence-corrected chi connectivity index (χ4v) is 3.83. The zero-order valence-electron chi connectivity index (χ0n) is 7.58. The Labute approximate surface area is 105 Å². The van der Waals surface area contributed by atoms with Gasteiger partial charge in [0.25, 0.3) is 0 Å². The highest BCUT2D eigenvalue weighted by molar-refractivity contribution is 14.1. The van der Waals surface area contributed by atoms with Crippen molar-refractivity contribution in [2.45, 2.75) is 11.5 Å². The van der Waals surface area contributed by atoms with Crippen LogP contribution in [-0.2, 0) is 6.61 Å². The molecule has 1 nitrogen and oxygen atoms in total. The van der Waals surface area contributed by atoms with Gasteiger partial charge >= 0.3 is 0 Å². The highest BCUT2D eigenvalue weighted by Crippen LogP contribution is 2.34. The van der Waals surface area contributed by atoms with Gasteiger partial charge in [-0.2, -0.15) is 0 Å². The number of rotatable bonds is 2. The highest BCUT2D eigenvalue weighted by Gasteiger charge is 2.06. The van der Waals surface area contributed by atoms with Gasteiger partial charge in [-0.3, -0.25) is 0 Å². The second-order valence-electron chi connectivity index (χ2n) is 2.90. The number of aliphatic hydroxyl groups is 1. The Hall–Kier alpha value is 0.220. The summed E-state index contributed by atoms with van der Waals surface area (Å²) in [7, 11) is 0. The first-order valence-electron chi connectivity index (χ1n) is 4.10. The molecule has 0 aliphatic carbocycles. The van der Waals surface area contributed by atoms with Crippen molar-refractivity contribution in [3.05, 3.63) is 26.6 Å². The Kier molecular flexibility index (Phi) is 3.36. The molecule has 74 valence electrons. The average molecular weight is 336 g/mol. The molecular weight excluding hydrogens is 327 g/mol. The van der Waals surface area contributed by atoms with E-state index in [2.05, 4.69) is 46.4 Å². The molecule has 0 saturated carbocycles. The van der Waals surface area contributed by atoms with E-state index in [1.54, 1.807) is 23.1 Å². The van der Waals surface area contributed by atoms with Crippen molar-refractivity contribution in [3.8, 4) is 0 Å². The van der Waals surface area contributed by atoms with Crippen LogP contribution in [-0.4, -0.2) is 11.4 Å². The van der Waals surface area contributed by atoms with E-state index < -0.39 is 0 Å². The number of aliphatic hydroxyl groups excluding tert-OH is 1. The molecule has 2 rings (SSSR count). The van der Waals surface area contributed by atoms with Crippen molar-refractivity contribution >= 4 is 55.8 Å². The van der Waals surface area contributed by atoms with Crippen LogP contribution in [0.15, 0.2) is 22.4 Å². The van der Waals surface area contributed by atoms with Gasteiger partial charge < -0.3 is 5.11 Å². The summed E-state index contributed by atoms with van der Waals surface area (Å²) in [5.41, 5.74) is 1.02. The highest BCUT2D eigenvalue weighted by atomic mass is 127. The maximum Gasteiger partial charge on any atom is 0.0692 e. The lowest BCUT2D eigenvalue weighted by atomic mass is 10.2. The van der Waals surface area contributed by atoms with E-state index in [0.29, 0.717) is 0 Å². The van der Waals surface area contributed by atoms with Crippen molar-refractivity contribution in [2.24, 2.45) is 0 Å². The summed E-state index contributed by atoms with van der Waals surface area (Å²) in [4.78, 5) is 1.33. The summed E-state index contributed by atoms with van der Waals surface area (Å²) in [5, 5.41) is 12.6. The molecular formula is C10H9IOS2. The number of hydrogen-bond donors (Lipinski definition) is 1. The van der Waals surface area contributed by atoms with E-state index in [1.165, 1.54) is 15.0 Å². The van der Waals surface area contributed by atoms with Crippen LogP contribution in [0.3, 0.4) is 0 Å². The molecule has 0 bridgehead atoms. The smallest absolute Gasteiger partial charge is 0.0692 e. The molecule has 0 spiro atoms. The standard InChI is InChI=1S/C10H9IOS2/c1-13-10-5-14-9-2-6(4-12)8(11)3-7(9)10/h2-3,5,12H,4H2,1H3. The first kappa shape index (κ1) is 10.7. The van der Waals surface area contributed by atoms with Gasteiger partial charge in [0.1, 0.15) is 0 Å². The van der Waals surface area contributed by atoms with Crippen molar-refractivity contribution in [1.29, 1.82) is 0 Å². The number of hydrogen-bond acceptors (Lipinski definition) is 3. The first-order chi connectivity index (χ1) is 6.76. The minimum absolute atomic E-state index is 0.126. The topological polar surface area (TPSA) is 20.2 Å². The molecule has 0 unspecified atom stereocenters. The number of thiophene rings is 1. The number of halogens is 1. The maximum absolute atomic E-state index is 9.14. The van der Waals surface area contributed by atoms with Crippen LogP contribution in [0.1, 0.15) is 5.56 Å². The molecule has 0 aliphatic heterocycles. The van der Waals surface area contributed by atoms with Crippen LogP contribution in [0.25, 0.3) is 10.1 Å². The van der Waals surface area contributed by atoms with Crippen LogP contribution < -0.4 is 0 Å². The Morgan fingerprint density at radius 1 is 1.50 bits per heavy atom. The normalized spacial score (nSPS) is 11.1. The second kappa shape index (κ2) is 4.38. The average Bonchev–Trinajstić information content (AvgIpc) is 2.58. The number of thioether (sulfide) groups is 1. The van der Waals surface area contributed by atoms with E-state index in [9.17, 15) is 0 Å². The molecule has 1 heterocycles. The van der Waals surface area contributed by atoms with Gasteiger partial charge in [-0.05, 0) is 46.5 Å². The van der Waals surface area contributed by atoms with Gasteiger partial charge in [-0.25, -0.2) is 0 Å². The molecule has 1 aromatic carbocycles. The van der Waals surface area contributed by atoms with Crippen LogP contribution in [0.4, 0.5) is 0 Å². The molecule has 0 amide bonds. The van der Waals surface area contributed by atoms with Gasteiger partial charge in [0, 0.05) is 23.9 Å². The van der Waals surface area contributed by atoms with E-state index in [-0.39, 0.29) is 6.61 Å². The molecule has 0 radical (unpaired) electrons. The third-order valence-corrected chi connectivity index (χ3v) is 4.97. The van der Waals surface area contributed by atoms with Crippen LogP contribution in [0.2, 0.25) is 0 Å². The van der Waals surface area contributed by atoms with Crippen molar-refractivity contribution < 1.29 is 5.11 Å². The SMILES string of the molecule is CSc1csc2cc(CO)c(I)cc12. The Balaban J connectivity index is 2.69. The second-order valence-corrected chi connectivity index (χ2v) is 5.82. The minimum atomic E-state index is 0.126. The fourth-order valence-electron chi connectivity index (χ4n) is 1.35. The van der Waals surface area contributed by atoms with E-state index in [0.717, 1.165) is 9.13 Å². The maximum atomic E-state index is 9.14. The molecule has 0 atom stereocenters. The Morgan fingerprint density at radius 2 is 2.29 bits per heavy atom. The third-order valence-electron chi connectivity index (χ3n) is 2.10. The zero-order chi connectivity index (χ0) is 10.1. The summed E-state index contributed by atoms with van der Waals surface area (Å²) in [6, 6.07) is 4.24. The number of benzene rings is 1. The van der Waals surface area contributed by atoms with E-state index in [4.69, 9.17) is 5.11 Å². The molecule has 4 heteroatoms. The van der Waals surface area contributed by atoms with Gasteiger partial charge in [-0.15, -0.1) is 23.1 Å². The summed E-state index contributed by atoms with van der Waals surface area (Å²) >= 11 is 5.79. The van der Waals surface area contributed by atoms with Crippen LogP contribution in [0.5, 0.6) is 0 Å². The van der Waals surface area contributed by atoms with Gasteiger partial charge in [-0.1, -0.05) is 0 Å². The third kappa shape index (κ3) is 1.80. The summed E-state index contributed by atoms with van der Waals surface area (Å²) in [6.45, 7) is 0.126. The van der Waals surface area contributed by atoms with Crippen molar-refractivity contribution in [3.63, 3.8) is 0 Å². The van der Waals surface area contributed by atoms with E-state index in [1.807, 2.05) is 0 Å². The molecule has 14 heavy (non-hydrogen) atoms. The lowest BCUT2D eigenvalue weighted by Crippen LogP contribution is -1.86. The molecule has 0 fully saturated rings. The number of fused-ring (bicyclic) bond motifs is 1. The minimum Gasteiger partial charge on any atom is -0.392 e. The molecule has 0 aliphatic rings. The first-order valence-corrected chi connectivity index (χ1v) is 7.29. The zero-order valence-corrected chi connectivity index (χ0v) is 11.4. The van der Waals surface area contributed by atoms with Crippen molar-refractivity contribution in [2.75, 3.05) is 6.26 Å². The summed E-state index contributed by atoms with van der Waals surface area (Å²) in [5.74, 6) is 0. The molecule has 2 aromatic rings. The van der Waals surface area contributed by atoms with Crippen LogP contribution in [0, 0.1) is 3.57 Å². The van der Waals surface area contributed by atoms with Crippen molar-refractivity contribution in [1.82, 2.24) is 0 Å². The Morgan fingerprint density at radius 3 is 2.93 bits per heavy atom. The van der Waals surface area contributed by atoms with E-state index >= 15 is 0 Å². The van der Waals surface area contributed by atoms with Crippen LogP contribution >= 0.6 is 45.7 Å². The predicted molar refractivity (Wildman–Crippen MR) is 72.2 cm³/mol. The largest absolute Gasteiger partial charge is 0.392 e. The Bertz CT molecular complexity index is 464.